The summed E-state index contributed by atoms with van der Waals surface area (Å²) < 4.78 is 0. The maximum Gasteiger partial charge on any atom is -0.00992 e. The standard InChI is InChI=1S/C24H22/c1-3-12-19(4-2)21-15-8-10-17-23(21)24-18-11-9-16-22(24)20-13-6-5-7-14-20/h3-4,6,8-18H,1-2,5,7H2/b19-12+. The minimum atomic E-state index is 1.09. The molecule has 0 spiro atoms. The summed E-state index contributed by atoms with van der Waals surface area (Å²) in [7, 11) is 0. The Bertz CT molecular complexity index is 844. The summed E-state index contributed by atoms with van der Waals surface area (Å²) in [6, 6.07) is 17.1. The van der Waals surface area contributed by atoms with Crippen molar-refractivity contribution in [1.82, 2.24) is 0 Å². The van der Waals surface area contributed by atoms with Crippen LogP contribution in [-0.4, -0.2) is 0 Å². The molecule has 1 aliphatic rings. The van der Waals surface area contributed by atoms with Crippen molar-refractivity contribution in [2.75, 3.05) is 0 Å². The summed E-state index contributed by atoms with van der Waals surface area (Å²) in [6.07, 6.45) is 14.8. The van der Waals surface area contributed by atoms with E-state index in [9.17, 15) is 0 Å². The summed E-state index contributed by atoms with van der Waals surface area (Å²) in [5, 5.41) is 0. The van der Waals surface area contributed by atoms with Crippen molar-refractivity contribution in [2.24, 2.45) is 0 Å². The van der Waals surface area contributed by atoms with Crippen molar-refractivity contribution >= 4 is 11.1 Å². The van der Waals surface area contributed by atoms with Crippen molar-refractivity contribution in [1.29, 1.82) is 0 Å². The van der Waals surface area contributed by atoms with E-state index in [0.29, 0.717) is 0 Å². The van der Waals surface area contributed by atoms with Crippen molar-refractivity contribution in [3.63, 3.8) is 0 Å². The second-order valence-electron chi connectivity index (χ2n) is 5.79. The monoisotopic (exact) mass is 310 g/mol. The SMILES string of the molecule is C=C/C=C(\C=C)c1ccccc1-c1ccccc1C1=CCCC=C1. The third kappa shape index (κ3) is 3.23. The van der Waals surface area contributed by atoms with Gasteiger partial charge in [0.1, 0.15) is 0 Å². The van der Waals surface area contributed by atoms with Gasteiger partial charge in [-0.1, -0.05) is 98.1 Å². The van der Waals surface area contributed by atoms with E-state index in [1.165, 1.54) is 27.8 Å². The van der Waals surface area contributed by atoms with Gasteiger partial charge >= 0.3 is 0 Å². The number of hydrogen-bond acceptors (Lipinski definition) is 0. The normalized spacial score (nSPS) is 14.2. The van der Waals surface area contributed by atoms with E-state index in [2.05, 4.69) is 79.9 Å². The summed E-state index contributed by atoms with van der Waals surface area (Å²) in [6.45, 7) is 7.79. The lowest BCUT2D eigenvalue weighted by molar-refractivity contribution is 1.04. The van der Waals surface area contributed by atoms with Crippen LogP contribution in [0.4, 0.5) is 0 Å². The van der Waals surface area contributed by atoms with Crippen LogP contribution in [0.15, 0.2) is 98.1 Å². The first kappa shape index (κ1) is 16.0. The van der Waals surface area contributed by atoms with Crippen LogP contribution in [0, 0.1) is 0 Å². The van der Waals surface area contributed by atoms with Gasteiger partial charge in [0.15, 0.2) is 0 Å². The molecule has 0 radical (unpaired) electrons. The van der Waals surface area contributed by atoms with Crippen LogP contribution in [0.3, 0.4) is 0 Å². The molecule has 118 valence electrons. The highest BCUT2D eigenvalue weighted by molar-refractivity contribution is 5.92. The summed E-state index contributed by atoms with van der Waals surface area (Å²) in [5.41, 5.74) is 7.33. The Balaban J connectivity index is 2.19. The van der Waals surface area contributed by atoms with Gasteiger partial charge in [0.25, 0.3) is 0 Å². The molecule has 24 heavy (non-hydrogen) atoms. The molecule has 3 rings (SSSR count). The van der Waals surface area contributed by atoms with E-state index < -0.39 is 0 Å². The number of benzene rings is 2. The Morgan fingerprint density at radius 1 is 0.833 bits per heavy atom. The maximum absolute atomic E-state index is 3.96. The van der Waals surface area contributed by atoms with Gasteiger partial charge in [-0.2, -0.15) is 0 Å². The summed E-state index contributed by atoms with van der Waals surface area (Å²) >= 11 is 0. The second-order valence-corrected chi connectivity index (χ2v) is 5.79. The van der Waals surface area contributed by atoms with Gasteiger partial charge in [-0.15, -0.1) is 0 Å². The van der Waals surface area contributed by atoms with E-state index in [0.717, 1.165) is 18.4 Å². The van der Waals surface area contributed by atoms with Crippen LogP contribution in [0.2, 0.25) is 0 Å². The van der Waals surface area contributed by atoms with Gasteiger partial charge < -0.3 is 0 Å². The van der Waals surface area contributed by atoms with Crippen LogP contribution in [0.1, 0.15) is 24.0 Å². The molecule has 0 heteroatoms. The van der Waals surface area contributed by atoms with Gasteiger partial charge in [0.05, 0.1) is 0 Å². The van der Waals surface area contributed by atoms with Crippen LogP contribution in [0.5, 0.6) is 0 Å². The first-order chi connectivity index (χ1) is 11.8. The van der Waals surface area contributed by atoms with Gasteiger partial charge in [0, 0.05) is 0 Å². The molecule has 0 bridgehead atoms. The number of hydrogen-bond donors (Lipinski definition) is 0. The molecule has 2 aromatic carbocycles. The molecule has 0 saturated heterocycles. The minimum Gasteiger partial charge on any atom is -0.0990 e. The molecule has 0 aliphatic heterocycles. The average molecular weight is 310 g/mol. The first-order valence-electron chi connectivity index (χ1n) is 8.36. The predicted octanol–water partition coefficient (Wildman–Crippen LogP) is 6.84. The zero-order chi connectivity index (χ0) is 16.8. The molecule has 0 atom stereocenters. The fourth-order valence-electron chi connectivity index (χ4n) is 3.15. The molecule has 0 N–H and O–H groups in total. The van der Waals surface area contributed by atoms with Gasteiger partial charge in [-0.05, 0) is 46.2 Å². The largest absolute Gasteiger partial charge is 0.0990 e. The third-order valence-electron chi connectivity index (χ3n) is 4.28. The predicted molar refractivity (Wildman–Crippen MR) is 107 cm³/mol. The maximum atomic E-state index is 3.96. The van der Waals surface area contributed by atoms with E-state index in [4.69, 9.17) is 0 Å². The Hall–Kier alpha value is -2.86. The van der Waals surface area contributed by atoms with Crippen LogP contribution >= 0.6 is 0 Å². The molecular weight excluding hydrogens is 288 g/mol. The van der Waals surface area contributed by atoms with Gasteiger partial charge in [-0.3, -0.25) is 0 Å². The lowest BCUT2D eigenvalue weighted by atomic mass is 9.88. The van der Waals surface area contributed by atoms with Crippen LogP contribution in [-0.2, 0) is 0 Å². The lowest BCUT2D eigenvalue weighted by Crippen LogP contribution is -1.94. The Kier molecular flexibility index (Phi) is 5.08. The lowest BCUT2D eigenvalue weighted by Gasteiger charge is -2.16. The molecule has 0 nitrogen and oxygen atoms in total. The molecule has 0 saturated carbocycles. The van der Waals surface area contributed by atoms with Crippen LogP contribution < -0.4 is 0 Å². The molecule has 1 aliphatic carbocycles. The fraction of sp³-hybridized carbons (Fsp3) is 0.0833. The second kappa shape index (κ2) is 7.61. The minimum absolute atomic E-state index is 1.09. The smallest absolute Gasteiger partial charge is 0.00992 e. The molecular formula is C24H22. The third-order valence-corrected chi connectivity index (χ3v) is 4.28. The Labute approximate surface area is 144 Å². The number of rotatable bonds is 5. The van der Waals surface area contributed by atoms with Crippen molar-refractivity contribution in [3.8, 4) is 11.1 Å². The van der Waals surface area contributed by atoms with Crippen molar-refractivity contribution < 1.29 is 0 Å². The molecule has 0 heterocycles. The topological polar surface area (TPSA) is 0 Å². The van der Waals surface area contributed by atoms with Crippen LogP contribution in [0.25, 0.3) is 22.3 Å². The molecule has 0 aromatic heterocycles. The highest BCUT2D eigenvalue weighted by Crippen LogP contribution is 2.35. The van der Waals surface area contributed by atoms with Gasteiger partial charge in [0.2, 0.25) is 0 Å². The first-order valence-corrected chi connectivity index (χ1v) is 8.36. The highest BCUT2D eigenvalue weighted by atomic mass is 14.2. The van der Waals surface area contributed by atoms with Crippen molar-refractivity contribution in [2.45, 2.75) is 12.8 Å². The Morgan fingerprint density at radius 2 is 1.54 bits per heavy atom. The summed E-state index contributed by atoms with van der Waals surface area (Å²) in [4.78, 5) is 0. The van der Waals surface area contributed by atoms with E-state index in [1.54, 1.807) is 0 Å². The van der Waals surface area contributed by atoms with E-state index >= 15 is 0 Å². The summed E-state index contributed by atoms with van der Waals surface area (Å²) in [5.74, 6) is 0. The molecule has 0 amide bonds. The zero-order valence-corrected chi connectivity index (χ0v) is 13.9. The van der Waals surface area contributed by atoms with E-state index in [1.807, 2.05) is 18.2 Å². The zero-order valence-electron chi connectivity index (χ0n) is 13.9. The Morgan fingerprint density at radius 3 is 2.21 bits per heavy atom. The van der Waals surface area contributed by atoms with E-state index in [-0.39, 0.29) is 0 Å². The number of allylic oxidation sites excluding steroid dienone is 8. The molecule has 0 fully saturated rings. The molecule has 2 aromatic rings. The average Bonchev–Trinajstić information content (AvgIpc) is 2.67. The van der Waals surface area contributed by atoms with Gasteiger partial charge in [-0.25, -0.2) is 0 Å². The van der Waals surface area contributed by atoms with Crippen molar-refractivity contribution in [3.05, 3.63) is 109 Å². The fourth-order valence-corrected chi connectivity index (χ4v) is 3.15. The highest BCUT2D eigenvalue weighted by Gasteiger charge is 2.12. The quantitative estimate of drug-likeness (QED) is 0.530. The molecule has 0 unspecified atom stereocenters.